The van der Waals surface area contributed by atoms with Gasteiger partial charge < -0.3 is 5.11 Å². The van der Waals surface area contributed by atoms with Crippen molar-refractivity contribution in [3.05, 3.63) is 0 Å². The molecule has 0 saturated heterocycles. The Balaban J connectivity index is 2.79. The summed E-state index contributed by atoms with van der Waals surface area (Å²) in [5.74, 6) is -0.604. The first-order chi connectivity index (χ1) is 5.87. The molecule has 1 rings (SSSR count). The van der Waals surface area contributed by atoms with Gasteiger partial charge in [0, 0.05) is 0 Å². The van der Waals surface area contributed by atoms with Crippen molar-refractivity contribution < 1.29 is 9.90 Å². The second-order valence-corrected chi connectivity index (χ2v) is 5.28. The molecule has 76 valence electrons. The molecular formula is C9H14Cl2O2. The van der Waals surface area contributed by atoms with Crippen molar-refractivity contribution in [3.8, 4) is 0 Å². The molecule has 0 aromatic heterocycles. The van der Waals surface area contributed by atoms with E-state index in [2.05, 4.69) is 0 Å². The van der Waals surface area contributed by atoms with Gasteiger partial charge in [-0.05, 0) is 25.7 Å². The molecule has 1 unspecified atom stereocenters. The van der Waals surface area contributed by atoms with Crippen molar-refractivity contribution >= 4 is 29.2 Å². The summed E-state index contributed by atoms with van der Waals surface area (Å²) in [4.78, 5) is 11.0. The van der Waals surface area contributed by atoms with E-state index in [4.69, 9.17) is 28.3 Å². The Kier molecular flexibility index (Phi) is 3.13. The van der Waals surface area contributed by atoms with Gasteiger partial charge in [0.2, 0.25) is 0 Å². The van der Waals surface area contributed by atoms with Crippen LogP contribution in [0, 0.1) is 11.3 Å². The first-order valence-corrected chi connectivity index (χ1v) is 5.25. The average molecular weight is 225 g/mol. The minimum atomic E-state index is -0.770. The number of carboxylic acid groups (broad SMARTS) is 1. The Labute approximate surface area is 88.2 Å². The highest BCUT2D eigenvalue weighted by Gasteiger charge is 2.44. The van der Waals surface area contributed by atoms with Gasteiger partial charge in [0.15, 0.2) is 0 Å². The molecule has 1 aliphatic carbocycles. The number of carbonyl (C=O) groups is 1. The fraction of sp³-hybridized carbons (Fsp3) is 0.889. The molecule has 1 fully saturated rings. The molecule has 0 aromatic rings. The van der Waals surface area contributed by atoms with Crippen molar-refractivity contribution in [1.82, 2.24) is 0 Å². The lowest BCUT2D eigenvalue weighted by Gasteiger charge is -2.39. The smallest absolute Gasteiger partial charge is 0.309 e. The van der Waals surface area contributed by atoms with E-state index in [0.717, 1.165) is 0 Å². The van der Waals surface area contributed by atoms with E-state index in [1.54, 1.807) is 6.92 Å². The van der Waals surface area contributed by atoms with E-state index in [0.29, 0.717) is 12.8 Å². The third-order valence-electron chi connectivity index (χ3n) is 2.82. The summed E-state index contributed by atoms with van der Waals surface area (Å²) in [7, 11) is 0. The van der Waals surface area contributed by atoms with Crippen LogP contribution >= 0.6 is 23.2 Å². The van der Waals surface area contributed by atoms with Crippen LogP contribution in [0.25, 0.3) is 0 Å². The molecule has 0 aromatic carbocycles. The number of hydrogen-bond acceptors (Lipinski definition) is 1. The van der Waals surface area contributed by atoms with Crippen molar-refractivity contribution in [2.75, 3.05) is 0 Å². The lowest BCUT2D eigenvalue weighted by Crippen LogP contribution is -2.43. The number of halogens is 2. The fourth-order valence-electron chi connectivity index (χ4n) is 1.98. The van der Waals surface area contributed by atoms with Gasteiger partial charge in [0.1, 0.15) is 0 Å². The summed E-state index contributed by atoms with van der Waals surface area (Å²) in [6, 6.07) is 0. The average Bonchev–Trinajstić information content (AvgIpc) is 2.00. The van der Waals surface area contributed by atoms with Crippen LogP contribution in [0.3, 0.4) is 0 Å². The molecule has 0 radical (unpaired) electrons. The first-order valence-electron chi connectivity index (χ1n) is 4.38. The quantitative estimate of drug-likeness (QED) is 0.696. The molecule has 4 heteroatoms. The third-order valence-corrected chi connectivity index (χ3v) is 4.11. The van der Waals surface area contributed by atoms with E-state index >= 15 is 0 Å². The summed E-state index contributed by atoms with van der Waals surface area (Å²) in [6.07, 6.45) is 1.07. The molecule has 1 N–H and O–H groups in total. The molecule has 0 heterocycles. The van der Waals surface area contributed by atoms with Crippen LogP contribution in [0.1, 0.15) is 26.7 Å². The molecule has 1 saturated carbocycles. The largest absolute Gasteiger partial charge is 0.481 e. The number of rotatable bonds is 1. The zero-order valence-electron chi connectivity index (χ0n) is 7.76. The second-order valence-electron chi connectivity index (χ2n) is 4.21. The lowest BCUT2D eigenvalue weighted by atomic mass is 9.71. The number of alkyl halides is 2. The summed E-state index contributed by atoms with van der Waals surface area (Å²) in [5, 5.41) is 8.68. The zero-order chi connectivity index (χ0) is 10.2. The molecule has 2 nitrogen and oxygen atoms in total. The molecule has 0 spiro atoms. The Morgan fingerprint density at radius 3 is 2.38 bits per heavy atom. The molecule has 0 amide bonds. The van der Waals surface area contributed by atoms with Gasteiger partial charge in [-0.15, -0.1) is 23.2 Å². The molecule has 0 aliphatic heterocycles. The van der Waals surface area contributed by atoms with E-state index in [9.17, 15) is 4.79 Å². The van der Waals surface area contributed by atoms with Crippen LogP contribution in [-0.2, 0) is 4.79 Å². The molecule has 0 bridgehead atoms. The van der Waals surface area contributed by atoms with Gasteiger partial charge in [0.25, 0.3) is 0 Å². The predicted octanol–water partition coefficient (Wildman–Crippen LogP) is 2.72. The number of carboxylic acids is 1. The predicted molar refractivity (Wildman–Crippen MR) is 53.4 cm³/mol. The molecular weight excluding hydrogens is 211 g/mol. The maximum absolute atomic E-state index is 11.0. The van der Waals surface area contributed by atoms with Crippen molar-refractivity contribution in [1.29, 1.82) is 0 Å². The van der Waals surface area contributed by atoms with Crippen LogP contribution in [0.2, 0.25) is 0 Å². The zero-order valence-corrected chi connectivity index (χ0v) is 9.27. The standard InChI is InChI=1S/C9H14Cl2O2/c1-5-3-9(2,8(12)13)4-6(10)7(5)11/h5-7H,3-4H2,1-2H3,(H,12,13)/t5?,6-,7-,9-/m1/s1. The Hall–Kier alpha value is 0.0500. The van der Waals surface area contributed by atoms with Crippen molar-refractivity contribution in [2.24, 2.45) is 11.3 Å². The maximum atomic E-state index is 11.0. The maximum Gasteiger partial charge on any atom is 0.309 e. The molecule has 4 atom stereocenters. The SMILES string of the molecule is CC1C[C@@](C)(C(=O)O)C[C@@H](Cl)[C@@H]1Cl. The van der Waals surface area contributed by atoms with E-state index in [1.807, 2.05) is 6.92 Å². The summed E-state index contributed by atoms with van der Waals surface area (Å²) in [5.41, 5.74) is -0.697. The van der Waals surface area contributed by atoms with Crippen molar-refractivity contribution in [2.45, 2.75) is 37.4 Å². The fourth-order valence-corrected chi connectivity index (χ4v) is 2.75. The minimum Gasteiger partial charge on any atom is -0.481 e. The van der Waals surface area contributed by atoms with Crippen molar-refractivity contribution in [3.63, 3.8) is 0 Å². The van der Waals surface area contributed by atoms with Crippen LogP contribution in [0.4, 0.5) is 0 Å². The monoisotopic (exact) mass is 224 g/mol. The number of aliphatic carboxylic acids is 1. The Bertz CT molecular complexity index is 206. The Morgan fingerprint density at radius 2 is 2.00 bits per heavy atom. The summed E-state index contributed by atoms with van der Waals surface area (Å²) in [6.45, 7) is 3.69. The van der Waals surface area contributed by atoms with Crippen LogP contribution in [0.15, 0.2) is 0 Å². The lowest BCUT2D eigenvalue weighted by molar-refractivity contribution is -0.150. The third kappa shape index (κ3) is 2.10. The highest BCUT2D eigenvalue weighted by molar-refractivity contribution is 6.30. The summed E-state index contributed by atoms with van der Waals surface area (Å²) < 4.78 is 0. The van der Waals surface area contributed by atoms with E-state index in [1.165, 1.54) is 0 Å². The van der Waals surface area contributed by atoms with Gasteiger partial charge in [-0.3, -0.25) is 4.79 Å². The van der Waals surface area contributed by atoms with Crippen LogP contribution in [-0.4, -0.2) is 21.8 Å². The minimum absolute atomic E-state index is 0.103. The summed E-state index contributed by atoms with van der Waals surface area (Å²) >= 11 is 12.0. The highest BCUT2D eigenvalue weighted by Crippen LogP contribution is 2.43. The van der Waals surface area contributed by atoms with Gasteiger partial charge in [0.05, 0.1) is 16.2 Å². The Morgan fingerprint density at radius 1 is 1.46 bits per heavy atom. The van der Waals surface area contributed by atoms with E-state index < -0.39 is 11.4 Å². The van der Waals surface area contributed by atoms with Crippen LogP contribution in [0.5, 0.6) is 0 Å². The molecule has 13 heavy (non-hydrogen) atoms. The van der Waals surface area contributed by atoms with Gasteiger partial charge in [-0.25, -0.2) is 0 Å². The van der Waals surface area contributed by atoms with Gasteiger partial charge in [-0.2, -0.15) is 0 Å². The normalized spacial score (nSPS) is 46.0. The topological polar surface area (TPSA) is 37.3 Å². The number of hydrogen-bond donors (Lipinski definition) is 1. The molecule has 1 aliphatic rings. The second kappa shape index (κ2) is 3.66. The first kappa shape index (κ1) is 11.1. The van der Waals surface area contributed by atoms with E-state index in [-0.39, 0.29) is 16.7 Å². The highest BCUT2D eigenvalue weighted by atomic mass is 35.5. The van der Waals surface area contributed by atoms with Gasteiger partial charge >= 0.3 is 5.97 Å². The van der Waals surface area contributed by atoms with Crippen LogP contribution < -0.4 is 0 Å². The van der Waals surface area contributed by atoms with Gasteiger partial charge in [-0.1, -0.05) is 6.92 Å².